The normalized spacial score (nSPS) is 30.0. The summed E-state index contributed by atoms with van der Waals surface area (Å²) in [6, 6.07) is 1.17. The van der Waals surface area contributed by atoms with Gasteiger partial charge in [-0.1, -0.05) is 20.8 Å². The van der Waals surface area contributed by atoms with Gasteiger partial charge in [0.2, 0.25) is 0 Å². The quantitative estimate of drug-likeness (QED) is 0.721. The Kier molecular flexibility index (Phi) is 5.88. The van der Waals surface area contributed by atoms with E-state index >= 15 is 0 Å². The Hall–Kier alpha value is -0.0800. The summed E-state index contributed by atoms with van der Waals surface area (Å²) < 4.78 is 0. The third kappa shape index (κ3) is 4.19. The number of hydrazine groups is 1. The van der Waals surface area contributed by atoms with Gasteiger partial charge in [0.1, 0.15) is 0 Å². The highest BCUT2D eigenvalue weighted by atomic mass is 15.7. The average molecular weight is 268 g/mol. The second-order valence-electron chi connectivity index (χ2n) is 7.88. The molecule has 2 heteroatoms. The lowest BCUT2D eigenvalue weighted by Gasteiger charge is -2.55. The molecule has 0 aromatic heterocycles. The van der Waals surface area contributed by atoms with E-state index in [4.69, 9.17) is 0 Å². The van der Waals surface area contributed by atoms with Crippen molar-refractivity contribution in [2.75, 3.05) is 6.54 Å². The number of piperidine rings is 1. The zero-order valence-electron chi connectivity index (χ0n) is 14.5. The predicted octanol–water partition coefficient (Wildman–Crippen LogP) is 4.56. The van der Waals surface area contributed by atoms with Crippen LogP contribution in [-0.4, -0.2) is 34.2 Å². The minimum absolute atomic E-state index is 0.334. The van der Waals surface area contributed by atoms with Crippen molar-refractivity contribution in [2.45, 2.75) is 92.3 Å². The molecule has 1 fully saturated rings. The largest absolute Gasteiger partial charge is 0.236 e. The molecule has 0 aliphatic carbocycles. The molecule has 2 atom stereocenters. The fourth-order valence-electron chi connectivity index (χ4n) is 4.19. The lowest BCUT2D eigenvalue weighted by molar-refractivity contribution is -0.170. The van der Waals surface area contributed by atoms with Crippen LogP contribution in [0.1, 0.15) is 74.7 Å². The molecule has 2 nitrogen and oxygen atoms in total. The Morgan fingerprint density at radius 2 is 1.63 bits per heavy atom. The van der Waals surface area contributed by atoms with Crippen LogP contribution in [0.15, 0.2) is 0 Å². The van der Waals surface area contributed by atoms with Crippen molar-refractivity contribution in [3.05, 3.63) is 0 Å². The Labute approximate surface area is 121 Å². The summed E-state index contributed by atoms with van der Waals surface area (Å²) in [7, 11) is 0. The molecule has 0 amide bonds. The number of hydrogen-bond acceptors (Lipinski definition) is 2. The minimum Gasteiger partial charge on any atom is -0.236 e. The Morgan fingerprint density at radius 1 is 1.11 bits per heavy atom. The molecule has 0 spiro atoms. The van der Waals surface area contributed by atoms with Crippen molar-refractivity contribution in [1.82, 2.24) is 10.0 Å². The first-order chi connectivity index (χ1) is 8.67. The smallest absolute Gasteiger partial charge is 0.0333 e. The Bertz CT molecular complexity index is 260. The highest BCUT2D eigenvalue weighted by Crippen LogP contribution is 2.38. The maximum atomic E-state index is 2.71. The van der Waals surface area contributed by atoms with Gasteiger partial charge in [0.25, 0.3) is 0 Å². The SMILES string of the molecule is CC(C)CC1(C)CC(C)CCN1N(C(C)C)C(C)C. The van der Waals surface area contributed by atoms with Gasteiger partial charge in [0.05, 0.1) is 0 Å². The first-order valence-electron chi connectivity index (χ1n) is 8.23. The number of rotatable bonds is 5. The van der Waals surface area contributed by atoms with Crippen LogP contribution < -0.4 is 0 Å². The van der Waals surface area contributed by atoms with E-state index in [1.54, 1.807) is 0 Å². The van der Waals surface area contributed by atoms with Crippen LogP contribution in [0.25, 0.3) is 0 Å². The van der Waals surface area contributed by atoms with Crippen molar-refractivity contribution in [3.63, 3.8) is 0 Å². The molecule has 114 valence electrons. The van der Waals surface area contributed by atoms with E-state index < -0.39 is 0 Å². The van der Waals surface area contributed by atoms with E-state index in [-0.39, 0.29) is 0 Å². The van der Waals surface area contributed by atoms with Crippen molar-refractivity contribution in [1.29, 1.82) is 0 Å². The van der Waals surface area contributed by atoms with Gasteiger partial charge in [-0.2, -0.15) is 0 Å². The second-order valence-corrected chi connectivity index (χ2v) is 7.88. The van der Waals surface area contributed by atoms with Crippen LogP contribution in [0.4, 0.5) is 0 Å². The zero-order valence-corrected chi connectivity index (χ0v) is 14.5. The van der Waals surface area contributed by atoms with E-state index in [1.807, 2.05) is 0 Å². The average Bonchev–Trinajstić information content (AvgIpc) is 2.19. The maximum absolute atomic E-state index is 2.71. The third-order valence-electron chi connectivity index (χ3n) is 4.43. The Balaban J connectivity index is 2.99. The van der Waals surface area contributed by atoms with Gasteiger partial charge in [-0.3, -0.25) is 0 Å². The topological polar surface area (TPSA) is 6.48 Å². The lowest BCUT2D eigenvalue weighted by atomic mass is 9.78. The van der Waals surface area contributed by atoms with Gasteiger partial charge < -0.3 is 0 Å². The van der Waals surface area contributed by atoms with Gasteiger partial charge in [-0.05, 0) is 65.7 Å². The molecule has 1 aliphatic heterocycles. The first-order valence-corrected chi connectivity index (χ1v) is 8.23. The molecule has 0 aromatic rings. The van der Waals surface area contributed by atoms with Crippen LogP contribution >= 0.6 is 0 Å². The van der Waals surface area contributed by atoms with Crippen molar-refractivity contribution in [2.24, 2.45) is 11.8 Å². The molecule has 1 saturated heterocycles. The number of hydrogen-bond donors (Lipinski definition) is 0. The molecule has 19 heavy (non-hydrogen) atoms. The van der Waals surface area contributed by atoms with Crippen molar-refractivity contribution in [3.8, 4) is 0 Å². The minimum atomic E-state index is 0.334. The van der Waals surface area contributed by atoms with Crippen molar-refractivity contribution < 1.29 is 0 Å². The van der Waals surface area contributed by atoms with Crippen LogP contribution in [0.2, 0.25) is 0 Å². The predicted molar refractivity (Wildman–Crippen MR) is 85.1 cm³/mol. The van der Waals surface area contributed by atoms with E-state index in [1.165, 1.54) is 25.8 Å². The first kappa shape index (κ1) is 17.0. The fraction of sp³-hybridized carbons (Fsp3) is 1.00. The molecule has 0 bridgehead atoms. The molecule has 0 N–H and O–H groups in total. The Morgan fingerprint density at radius 3 is 2.05 bits per heavy atom. The summed E-state index contributed by atoms with van der Waals surface area (Å²) in [5, 5.41) is 5.33. The third-order valence-corrected chi connectivity index (χ3v) is 4.43. The monoisotopic (exact) mass is 268 g/mol. The second kappa shape index (κ2) is 6.58. The molecule has 1 heterocycles. The summed E-state index contributed by atoms with van der Waals surface area (Å²) >= 11 is 0. The molecule has 0 saturated carbocycles. The van der Waals surface area contributed by atoms with Crippen LogP contribution in [0, 0.1) is 11.8 Å². The van der Waals surface area contributed by atoms with Crippen LogP contribution in [0.3, 0.4) is 0 Å². The standard InChI is InChI=1S/C17H36N2/c1-13(2)11-17(8)12-16(7)9-10-18(17)19(14(3)4)15(5)6/h13-16H,9-12H2,1-8H3. The highest BCUT2D eigenvalue weighted by Gasteiger charge is 2.41. The zero-order chi connectivity index (χ0) is 14.8. The van der Waals surface area contributed by atoms with Gasteiger partial charge in [-0.25, -0.2) is 10.0 Å². The van der Waals surface area contributed by atoms with Gasteiger partial charge >= 0.3 is 0 Å². The molecular formula is C17H36N2. The molecular weight excluding hydrogens is 232 g/mol. The van der Waals surface area contributed by atoms with E-state index in [9.17, 15) is 0 Å². The number of nitrogens with zero attached hydrogens (tertiary/aromatic N) is 2. The van der Waals surface area contributed by atoms with Gasteiger partial charge in [-0.15, -0.1) is 0 Å². The lowest BCUT2D eigenvalue weighted by Crippen LogP contribution is -2.63. The van der Waals surface area contributed by atoms with E-state index in [2.05, 4.69) is 65.4 Å². The summed E-state index contributed by atoms with van der Waals surface area (Å²) in [5.41, 5.74) is 0.334. The fourth-order valence-corrected chi connectivity index (χ4v) is 4.19. The van der Waals surface area contributed by atoms with Gasteiger partial charge in [0.15, 0.2) is 0 Å². The highest BCUT2D eigenvalue weighted by molar-refractivity contribution is 4.92. The summed E-state index contributed by atoms with van der Waals surface area (Å²) in [4.78, 5) is 0. The molecule has 0 radical (unpaired) electrons. The maximum Gasteiger partial charge on any atom is 0.0333 e. The molecule has 1 aliphatic rings. The molecule has 2 unspecified atom stereocenters. The van der Waals surface area contributed by atoms with E-state index in [0.29, 0.717) is 17.6 Å². The van der Waals surface area contributed by atoms with Crippen LogP contribution in [-0.2, 0) is 0 Å². The van der Waals surface area contributed by atoms with Crippen LogP contribution in [0.5, 0.6) is 0 Å². The molecule has 1 rings (SSSR count). The van der Waals surface area contributed by atoms with E-state index in [0.717, 1.165) is 11.8 Å². The molecule has 0 aromatic carbocycles. The summed E-state index contributed by atoms with van der Waals surface area (Å²) in [5.74, 6) is 1.63. The summed E-state index contributed by atoms with van der Waals surface area (Å²) in [6.07, 6.45) is 3.97. The summed E-state index contributed by atoms with van der Waals surface area (Å²) in [6.45, 7) is 20.2. The van der Waals surface area contributed by atoms with Gasteiger partial charge in [0, 0.05) is 24.2 Å². The van der Waals surface area contributed by atoms with Crippen molar-refractivity contribution >= 4 is 0 Å².